The summed E-state index contributed by atoms with van der Waals surface area (Å²) in [5.41, 5.74) is 9.51. The normalized spacial score (nSPS) is 13.3. The molecule has 1 aliphatic rings. The lowest BCUT2D eigenvalue weighted by Crippen LogP contribution is -2.38. The zero-order chi connectivity index (χ0) is 30.6. The van der Waals surface area contributed by atoms with E-state index in [1.54, 1.807) is 18.2 Å². The van der Waals surface area contributed by atoms with Gasteiger partial charge in [-0.25, -0.2) is 0 Å². The largest absolute Gasteiger partial charge is 0.489 e. The summed E-state index contributed by atoms with van der Waals surface area (Å²) in [6, 6.07) is 20.3. The first kappa shape index (κ1) is 31.6. The van der Waals surface area contributed by atoms with Gasteiger partial charge < -0.3 is 29.6 Å². The van der Waals surface area contributed by atoms with Gasteiger partial charge in [0.1, 0.15) is 24.7 Å². The maximum atomic E-state index is 13.6. The molecule has 1 amide bonds. The predicted octanol–water partition coefficient (Wildman–Crippen LogP) is 5.77. The lowest BCUT2D eigenvalue weighted by molar-refractivity contribution is 0.0687. The van der Waals surface area contributed by atoms with Crippen LogP contribution in [-0.2, 0) is 22.7 Å². The molecule has 1 saturated heterocycles. The molecule has 228 valence electrons. The number of carbonyl (C=O) groups is 1. The second-order valence-corrected chi connectivity index (χ2v) is 10.5. The summed E-state index contributed by atoms with van der Waals surface area (Å²) >= 11 is 0. The number of benzene rings is 3. The molecule has 0 atom stereocenters. The second kappa shape index (κ2) is 15.7. The van der Waals surface area contributed by atoms with Crippen LogP contribution in [0.15, 0.2) is 66.7 Å². The van der Waals surface area contributed by atoms with Crippen LogP contribution < -0.4 is 15.2 Å². The number of carbonyl (C=O) groups excluding carboxylic acids is 1. The number of likely N-dealkylation sites (tertiary alicyclic amines) is 1. The van der Waals surface area contributed by atoms with Gasteiger partial charge in [0.25, 0.3) is 5.91 Å². The first-order valence-electron chi connectivity index (χ1n) is 14.9. The Labute approximate surface area is 253 Å². The Morgan fingerprint density at radius 1 is 0.767 bits per heavy atom. The summed E-state index contributed by atoms with van der Waals surface area (Å²) in [7, 11) is 0. The van der Waals surface area contributed by atoms with Gasteiger partial charge in [0.2, 0.25) is 11.8 Å². The van der Waals surface area contributed by atoms with Crippen molar-refractivity contribution in [1.29, 1.82) is 10.8 Å². The number of piperidine rings is 1. The van der Waals surface area contributed by atoms with E-state index >= 15 is 0 Å². The molecule has 0 aromatic heterocycles. The fourth-order valence-electron chi connectivity index (χ4n) is 5.00. The number of hydrogen-bond donors (Lipinski definition) is 3. The highest BCUT2D eigenvalue weighted by atomic mass is 16.5. The van der Waals surface area contributed by atoms with E-state index in [0.717, 1.165) is 30.4 Å². The molecule has 3 aromatic rings. The molecule has 0 bridgehead atoms. The van der Waals surface area contributed by atoms with Crippen LogP contribution >= 0.6 is 0 Å². The number of nitrogens with two attached hydrogens (primary N) is 1. The molecule has 0 radical (unpaired) electrons. The zero-order valence-corrected chi connectivity index (χ0v) is 25.1. The van der Waals surface area contributed by atoms with Gasteiger partial charge in [0, 0.05) is 35.8 Å². The third-order valence-corrected chi connectivity index (χ3v) is 7.42. The van der Waals surface area contributed by atoms with Gasteiger partial charge in [-0.3, -0.25) is 15.6 Å². The molecule has 43 heavy (non-hydrogen) atoms. The van der Waals surface area contributed by atoms with Crippen LogP contribution in [0.5, 0.6) is 11.5 Å². The standard InChI is InChI=1S/C34H42N4O5/c1-3-40-32(36)27-9-5-25(6-10-27)22-42-30-19-29(34(39)38-17-14-24(13-16-35)15-18-38)20-31(21-30)43-23-26-7-11-28(12-8-26)33(37)41-4-2/h5-12,19-21,24,36-37H,3-4,13-18,22-23,35H2,1-2H3. The van der Waals surface area contributed by atoms with Crippen molar-refractivity contribution in [2.24, 2.45) is 11.7 Å². The number of nitrogens with one attached hydrogen (secondary N) is 2. The smallest absolute Gasteiger partial charge is 0.254 e. The molecular weight excluding hydrogens is 544 g/mol. The minimum Gasteiger partial charge on any atom is -0.489 e. The van der Waals surface area contributed by atoms with Gasteiger partial charge in [0.15, 0.2) is 0 Å². The summed E-state index contributed by atoms with van der Waals surface area (Å²) in [4.78, 5) is 15.4. The zero-order valence-electron chi connectivity index (χ0n) is 25.1. The molecule has 9 heteroatoms. The van der Waals surface area contributed by atoms with Gasteiger partial charge in [-0.1, -0.05) is 24.3 Å². The lowest BCUT2D eigenvalue weighted by atomic mass is 9.93. The minimum atomic E-state index is -0.0425. The molecule has 4 N–H and O–H groups in total. The summed E-state index contributed by atoms with van der Waals surface area (Å²) < 4.78 is 22.8. The fraction of sp³-hybridized carbons (Fsp3) is 0.382. The van der Waals surface area contributed by atoms with Crippen molar-refractivity contribution in [1.82, 2.24) is 4.90 Å². The van der Waals surface area contributed by atoms with Crippen molar-refractivity contribution in [3.05, 3.63) is 94.5 Å². The topological polar surface area (TPSA) is 131 Å². The van der Waals surface area contributed by atoms with E-state index in [0.29, 0.717) is 67.0 Å². The first-order valence-corrected chi connectivity index (χ1v) is 14.9. The van der Waals surface area contributed by atoms with Crippen LogP contribution in [-0.4, -0.2) is 55.5 Å². The quantitative estimate of drug-likeness (QED) is 0.172. The summed E-state index contributed by atoms with van der Waals surface area (Å²) in [6.45, 7) is 7.25. The summed E-state index contributed by atoms with van der Waals surface area (Å²) in [5, 5.41) is 15.9. The fourth-order valence-corrected chi connectivity index (χ4v) is 5.00. The van der Waals surface area contributed by atoms with Crippen molar-refractivity contribution in [2.75, 3.05) is 32.8 Å². The van der Waals surface area contributed by atoms with Gasteiger partial charge in [-0.2, -0.15) is 0 Å². The maximum absolute atomic E-state index is 13.6. The van der Waals surface area contributed by atoms with Gasteiger partial charge in [-0.05, 0) is 93.1 Å². The van der Waals surface area contributed by atoms with E-state index in [1.807, 2.05) is 67.3 Å². The van der Waals surface area contributed by atoms with Crippen LogP contribution in [0.1, 0.15) is 65.7 Å². The minimum absolute atomic E-state index is 0.0425. The van der Waals surface area contributed by atoms with Crippen molar-refractivity contribution in [3.8, 4) is 11.5 Å². The molecule has 9 nitrogen and oxygen atoms in total. The van der Waals surface area contributed by atoms with Gasteiger partial charge in [-0.15, -0.1) is 0 Å². The third kappa shape index (κ3) is 9.06. The Bertz CT molecular complexity index is 1280. The first-order chi connectivity index (χ1) is 20.9. The molecule has 0 unspecified atom stereocenters. The van der Waals surface area contributed by atoms with Crippen molar-refractivity contribution in [3.63, 3.8) is 0 Å². The molecule has 1 aliphatic heterocycles. The van der Waals surface area contributed by atoms with Crippen LogP contribution in [0, 0.1) is 16.7 Å². The van der Waals surface area contributed by atoms with E-state index in [9.17, 15) is 4.79 Å². The molecule has 1 heterocycles. The highest BCUT2D eigenvalue weighted by Gasteiger charge is 2.24. The van der Waals surface area contributed by atoms with E-state index in [1.165, 1.54) is 0 Å². The van der Waals surface area contributed by atoms with Crippen LogP contribution in [0.2, 0.25) is 0 Å². The molecular formula is C34H42N4O5. The van der Waals surface area contributed by atoms with Crippen LogP contribution in [0.25, 0.3) is 0 Å². The highest BCUT2D eigenvalue weighted by Crippen LogP contribution is 2.28. The predicted molar refractivity (Wildman–Crippen MR) is 167 cm³/mol. The molecule has 3 aromatic carbocycles. The summed E-state index contributed by atoms with van der Waals surface area (Å²) in [6.07, 6.45) is 2.90. The maximum Gasteiger partial charge on any atom is 0.254 e. The van der Waals surface area contributed by atoms with Crippen LogP contribution in [0.3, 0.4) is 0 Å². The Balaban J connectivity index is 1.48. The van der Waals surface area contributed by atoms with Gasteiger partial charge in [0.05, 0.1) is 13.2 Å². The number of rotatable bonds is 13. The Morgan fingerprint density at radius 3 is 1.65 bits per heavy atom. The SMILES string of the molecule is CCOC(=N)c1ccc(COc2cc(OCc3ccc(C(=N)OCC)cc3)cc(C(=O)N3CCC(CCN)CC3)c2)cc1. The Morgan fingerprint density at radius 2 is 1.23 bits per heavy atom. The highest BCUT2D eigenvalue weighted by molar-refractivity contribution is 5.95. The number of ether oxygens (including phenoxy) is 4. The van der Waals surface area contributed by atoms with Crippen molar-refractivity contribution >= 4 is 17.7 Å². The molecule has 0 aliphatic carbocycles. The Kier molecular flexibility index (Phi) is 11.6. The van der Waals surface area contributed by atoms with E-state index < -0.39 is 0 Å². The van der Waals surface area contributed by atoms with E-state index in [2.05, 4.69) is 0 Å². The lowest BCUT2D eigenvalue weighted by Gasteiger charge is -2.32. The molecule has 0 saturated carbocycles. The van der Waals surface area contributed by atoms with E-state index in [4.69, 9.17) is 35.5 Å². The van der Waals surface area contributed by atoms with Gasteiger partial charge >= 0.3 is 0 Å². The number of hydrogen-bond acceptors (Lipinski definition) is 8. The second-order valence-electron chi connectivity index (χ2n) is 10.5. The molecule has 0 spiro atoms. The van der Waals surface area contributed by atoms with Crippen molar-refractivity contribution < 1.29 is 23.7 Å². The average molecular weight is 587 g/mol. The Hall–Kier alpha value is -4.37. The molecule has 4 rings (SSSR count). The summed E-state index contributed by atoms with van der Waals surface area (Å²) in [5.74, 6) is 1.86. The van der Waals surface area contributed by atoms with Crippen molar-refractivity contribution in [2.45, 2.75) is 46.3 Å². The third-order valence-electron chi connectivity index (χ3n) is 7.42. The molecule has 1 fully saturated rings. The monoisotopic (exact) mass is 586 g/mol. The van der Waals surface area contributed by atoms with Crippen LogP contribution in [0.4, 0.5) is 0 Å². The average Bonchev–Trinajstić information content (AvgIpc) is 3.03. The number of nitrogens with zero attached hydrogens (tertiary/aromatic N) is 1. The number of amides is 1. The van der Waals surface area contributed by atoms with E-state index in [-0.39, 0.29) is 30.9 Å².